The summed E-state index contributed by atoms with van der Waals surface area (Å²) in [5.74, 6) is 0.761. The standard InChI is InChI=1S/C17H18N8O.C5H10O/c1-9(2)24-5-4-10-11(7-20-16(10)23-24)13-6-14(19-3)25-17(22-13)12(8-21-25)15(18)26;1-6-5-3-2-4-5/h4-9,19H,1-3H3,(H2,18,26);5H,2-4H2,1H3. The molecule has 0 spiro atoms. The van der Waals surface area contributed by atoms with E-state index in [2.05, 4.69) is 39.3 Å². The van der Waals surface area contributed by atoms with Gasteiger partial charge in [0.05, 0.1) is 18.0 Å². The number of carbonyl (C=O) groups excluding carboxylic acids is 1. The van der Waals surface area contributed by atoms with Gasteiger partial charge in [-0.3, -0.25) is 9.48 Å². The first-order valence-corrected chi connectivity index (χ1v) is 10.7. The van der Waals surface area contributed by atoms with Gasteiger partial charge in [0.25, 0.3) is 5.91 Å². The van der Waals surface area contributed by atoms with Crippen LogP contribution in [0.15, 0.2) is 30.7 Å². The van der Waals surface area contributed by atoms with E-state index in [4.69, 9.17) is 10.5 Å². The van der Waals surface area contributed by atoms with E-state index >= 15 is 0 Å². The average molecular weight is 437 g/mol. The maximum Gasteiger partial charge on any atom is 0.254 e. The summed E-state index contributed by atoms with van der Waals surface area (Å²) in [6.07, 6.45) is 9.64. The van der Waals surface area contributed by atoms with Crippen molar-refractivity contribution in [2.75, 3.05) is 19.5 Å². The van der Waals surface area contributed by atoms with Crippen LogP contribution in [0.2, 0.25) is 0 Å². The maximum atomic E-state index is 11.7. The van der Waals surface area contributed by atoms with Gasteiger partial charge < -0.3 is 15.8 Å². The van der Waals surface area contributed by atoms with E-state index < -0.39 is 5.91 Å². The molecule has 0 bridgehead atoms. The Morgan fingerprint density at radius 1 is 1.28 bits per heavy atom. The van der Waals surface area contributed by atoms with Crippen LogP contribution >= 0.6 is 0 Å². The molecular weight excluding hydrogens is 408 g/mol. The number of nitrogens with two attached hydrogens (primary N) is 1. The van der Waals surface area contributed by atoms with Crippen LogP contribution in [-0.4, -0.2) is 55.5 Å². The SMILES string of the molecule is CNc1cc(-c2cnc3nn(C(C)C)ccc2-3)nc2c(C(N)=O)cnn12.COC1CCC1. The fraction of sp³-hybridized carbons (Fsp3) is 0.409. The zero-order valence-corrected chi connectivity index (χ0v) is 18.7. The highest BCUT2D eigenvalue weighted by Gasteiger charge is 2.20. The van der Waals surface area contributed by atoms with Crippen molar-refractivity contribution in [1.29, 1.82) is 0 Å². The van der Waals surface area contributed by atoms with Crippen molar-refractivity contribution >= 4 is 17.4 Å². The van der Waals surface area contributed by atoms with Crippen LogP contribution in [-0.2, 0) is 4.74 Å². The van der Waals surface area contributed by atoms with Crippen LogP contribution in [0.1, 0.15) is 49.5 Å². The minimum atomic E-state index is -0.572. The van der Waals surface area contributed by atoms with E-state index in [0.29, 0.717) is 29.1 Å². The van der Waals surface area contributed by atoms with Crippen LogP contribution in [0.4, 0.5) is 5.82 Å². The lowest BCUT2D eigenvalue weighted by atomic mass is 9.96. The molecule has 4 heterocycles. The second-order valence-corrected chi connectivity index (χ2v) is 8.02. The highest BCUT2D eigenvalue weighted by molar-refractivity contribution is 5.99. The fourth-order valence-electron chi connectivity index (χ4n) is 3.47. The smallest absolute Gasteiger partial charge is 0.254 e. The Bertz CT molecular complexity index is 1210. The van der Waals surface area contributed by atoms with Gasteiger partial charge >= 0.3 is 0 Å². The van der Waals surface area contributed by atoms with Gasteiger partial charge in [0.1, 0.15) is 11.4 Å². The number of hydrogen-bond donors (Lipinski definition) is 2. The minimum Gasteiger partial charge on any atom is -0.381 e. The Balaban J connectivity index is 0.000000354. The first-order chi connectivity index (χ1) is 15.4. The number of anilines is 1. The van der Waals surface area contributed by atoms with Crippen molar-refractivity contribution in [2.45, 2.75) is 45.3 Å². The Kier molecular flexibility index (Phi) is 6.04. The van der Waals surface area contributed by atoms with Crippen LogP contribution < -0.4 is 11.1 Å². The van der Waals surface area contributed by atoms with Gasteiger partial charge in [-0.25, -0.2) is 9.97 Å². The summed E-state index contributed by atoms with van der Waals surface area (Å²) in [4.78, 5) is 20.7. The number of ether oxygens (including phenoxy) is 1. The first kappa shape index (κ1) is 21.7. The number of fused-ring (bicyclic) bond motifs is 2. The summed E-state index contributed by atoms with van der Waals surface area (Å²) in [5.41, 5.74) is 8.49. The van der Waals surface area contributed by atoms with Crippen molar-refractivity contribution in [1.82, 2.24) is 29.4 Å². The zero-order chi connectivity index (χ0) is 22.8. The number of carbonyl (C=O) groups is 1. The normalized spacial score (nSPS) is 13.8. The van der Waals surface area contributed by atoms with Gasteiger partial charge in [0, 0.05) is 49.8 Å². The second kappa shape index (κ2) is 8.91. The Labute approximate surface area is 186 Å². The highest BCUT2D eigenvalue weighted by Crippen LogP contribution is 2.33. The molecule has 1 aliphatic carbocycles. The molecule has 1 fully saturated rings. The molecule has 10 heteroatoms. The molecule has 2 aromatic heterocycles. The Hall–Kier alpha value is -3.53. The molecule has 10 nitrogen and oxygen atoms in total. The van der Waals surface area contributed by atoms with Gasteiger partial charge in [-0.15, -0.1) is 0 Å². The van der Waals surface area contributed by atoms with E-state index in [1.807, 2.05) is 23.0 Å². The van der Waals surface area contributed by atoms with E-state index in [1.54, 1.807) is 24.9 Å². The zero-order valence-electron chi connectivity index (χ0n) is 18.7. The highest BCUT2D eigenvalue weighted by atomic mass is 16.5. The molecule has 2 aliphatic heterocycles. The van der Waals surface area contributed by atoms with Gasteiger partial charge in [-0.2, -0.15) is 14.7 Å². The predicted molar refractivity (Wildman–Crippen MR) is 122 cm³/mol. The lowest BCUT2D eigenvalue weighted by Gasteiger charge is -2.22. The topological polar surface area (TPSA) is 125 Å². The van der Waals surface area contributed by atoms with Crippen LogP contribution in [0.5, 0.6) is 0 Å². The molecule has 1 saturated carbocycles. The number of aromatic nitrogens is 6. The third-order valence-electron chi connectivity index (χ3n) is 5.64. The number of rotatable bonds is 5. The number of hydrogen-bond acceptors (Lipinski definition) is 7. The Morgan fingerprint density at radius 3 is 2.62 bits per heavy atom. The fourth-order valence-corrected chi connectivity index (χ4v) is 3.47. The second-order valence-electron chi connectivity index (χ2n) is 8.02. The number of methoxy groups -OCH3 is 1. The van der Waals surface area contributed by atoms with Crippen molar-refractivity contribution in [3.05, 3.63) is 36.3 Å². The van der Waals surface area contributed by atoms with Crippen molar-refractivity contribution in [3.63, 3.8) is 0 Å². The molecule has 3 aliphatic rings. The number of nitrogens with zero attached hydrogens (tertiary/aromatic N) is 6. The predicted octanol–water partition coefficient (Wildman–Crippen LogP) is 3.00. The Morgan fingerprint density at radius 2 is 2.06 bits per heavy atom. The van der Waals surface area contributed by atoms with E-state index in [0.717, 1.165) is 11.1 Å². The molecule has 0 atom stereocenters. The molecule has 5 rings (SSSR count). The molecule has 168 valence electrons. The van der Waals surface area contributed by atoms with Gasteiger partial charge in [0.15, 0.2) is 11.5 Å². The molecule has 1 amide bonds. The quantitative estimate of drug-likeness (QED) is 0.492. The molecule has 3 N–H and O–H groups in total. The van der Waals surface area contributed by atoms with Gasteiger partial charge in [-0.05, 0) is 39.2 Å². The summed E-state index contributed by atoms with van der Waals surface area (Å²) in [7, 11) is 3.56. The lowest BCUT2D eigenvalue weighted by molar-refractivity contribution is 0.0412. The average Bonchev–Trinajstić information content (AvgIpc) is 3.36. The molecule has 0 radical (unpaired) electrons. The van der Waals surface area contributed by atoms with Crippen molar-refractivity contribution in [2.24, 2.45) is 5.73 Å². The van der Waals surface area contributed by atoms with Crippen molar-refractivity contribution < 1.29 is 9.53 Å². The monoisotopic (exact) mass is 436 g/mol. The number of amides is 1. The van der Waals surface area contributed by atoms with E-state index in [9.17, 15) is 4.79 Å². The maximum absolute atomic E-state index is 11.7. The van der Waals surface area contributed by atoms with Gasteiger partial charge in [-0.1, -0.05) is 0 Å². The lowest BCUT2D eigenvalue weighted by Crippen LogP contribution is -2.18. The van der Waals surface area contributed by atoms with E-state index in [1.165, 1.54) is 25.5 Å². The summed E-state index contributed by atoms with van der Waals surface area (Å²) in [6, 6.07) is 4.07. The van der Waals surface area contributed by atoms with Crippen molar-refractivity contribution in [3.8, 4) is 22.6 Å². The number of primary amides is 1. The number of nitrogens with one attached hydrogen (secondary N) is 1. The largest absolute Gasteiger partial charge is 0.381 e. The van der Waals surface area contributed by atoms with E-state index in [-0.39, 0.29) is 11.6 Å². The van der Waals surface area contributed by atoms with Crippen LogP contribution in [0.25, 0.3) is 28.3 Å². The summed E-state index contributed by atoms with van der Waals surface area (Å²) < 4.78 is 8.39. The molecule has 32 heavy (non-hydrogen) atoms. The summed E-state index contributed by atoms with van der Waals surface area (Å²) >= 11 is 0. The molecule has 0 aromatic carbocycles. The first-order valence-electron chi connectivity index (χ1n) is 10.7. The third kappa shape index (κ3) is 4.01. The summed E-state index contributed by atoms with van der Waals surface area (Å²) in [6.45, 7) is 4.12. The van der Waals surface area contributed by atoms with Crippen LogP contribution in [0.3, 0.4) is 0 Å². The molecule has 2 aromatic rings. The molecular formula is C22H28N8O2. The van der Waals surface area contributed by atoms with Gasteiger partial charge in [0.2, 0.25) is 0 Å². The minimum absolute atomic E-state index is 0.245. The molecule has 0 unspecified atom stereocenters. The molecule has 0 saturated heterocycles. The van der Waals surface area contributed by atoms with Crippen LogP contribution in [0, 0.1) is 0 Å². The third-order valence-corrected chi connectivity index (χ3v) is 5.64. The summed E-state index contributed by atoms with van der Waals surface area (Å²) in [5, 5.41) is 11.8.